The molecule has 0 radical (unpaired) electrons. The molecule has 2 rings (SSSR count). The molecule has 0 saturated carbocycles. The number of benzene rings is 2. The van der Waals surface area contributed by atoms with Gasteiger partial charge in [-0.25, -0.2) is 0 Å². The van der Waals surface area contributed by atoms with Crippen molar-refractivity contribution in [2.75, 3.05) is 0 Å². The van der Waals surface area contributed by atoms with Gasteiger partial charge in [-0.15, -0.1) is 0 Å². The van der Waals surface area contributed by atoms with Crippen LogP contribution >= 0.6 is 0 Å². The van der Waals surface area contributed by atoms with Crippen molar-refractivity contribution < 1.29 is 10.2 Å². The zero-order chi connectivity index (χ0) is 12.8. The van der Waals surface area contributed by atoms with Gasteiger partial charge in [0.25, 0.3) is 0 Å². The van der Waals surface area contributed by atoms with Crippen LogP contribution in [-0.2, 0) is 0 Å². The maximum atomic E-state index is 9.10. The van der Waals surface area contributed by atoms with Gasteiger partial charge in [-0.3, -0.25) is 9.98 Å². The van der Waals surface area contributed by atoms with Gasteiger partial charge >= 0.3 is 0 Å². The monoisotopic (exact) mass is 240 g/mol. The van der Waals surface area contributed by atoms with Crippen molar-refractivity contribution in [2.24, 2.45) is 9.98 Å². The van der Waals surface area contributed by atoms with Crippen molar-refractivity contribution in [3.05, 3.63) is 48.5 Å². The molecular weight excluding hydrogens is 228 g/mol. The van der Waals surface area contributed by atoms with E-state index < -0.39 is 0 Å². The predicted molar refractivity (Wildman–Crippen MR) is 72.5 cm³/mol. The summed E-state index contributed by atoms with van der Waals surface area (Å²) in [5, 5.41) is 18.2. The second kappa shape index (κ2) is 5.63. The molecule has 0 fully saturated rings. The molecular formula is C14H12N2O2. The van der Waals surface area contributed by atoms with Gasteiger partial charge in [-0.05, 0) is 48.5 Å². The first-order chi connectivity index (χ1) is 8.74. The largest absolute Gasteiger partial charge is 0.508 e. The molecule has 0 saturated heterocycles. The summed E-state index contributed by atoms with van der Waals surface area (Å²) in [4.78, 5) is 8.29. The van der Waals surface area contributed by atoms with Crippen LogP contribution in [0.25, 0.3) is 0 Å². The zero-order valence-corrected chi connectivity index (χ0v) is 9.56. The van der Waals surface area contributed by atoms with Gasteiger partial charge in [0, 0.05) is 12.4 Å². The minimum Gasteiger partial charge on any atom is -0.508 e. The quantitative estimate of drug-likeness (QED) is 0.809. The van der Waals surface area contributed by atoms with Gasteiger partial charge in [0.2, 0.25) is 0 Å². The van der Waals surface area contributed by atoms with E-state index in [0.29, 0.717) is 0 Å². The molecule has 0 aromatic heterocycles. The first-order valence-electron chi connectivity index (χ1n) is 5.39. The van der Waals surface area contributed by atoms with Crippen LogP contribution in [0.2, 0.25) is 0 Å². The molecule has 0 aliphatic heterocycles. The average molecular weight is 240 g/mol. The third kappa shape index (κ3) is 3.45. The Morgan fingerprint density at radius 1 is 0.611 bits per heavy atom. The number of rotatable bonds is 3. The molecule has 0 atom stereocenters. The number of hydrogen-bond donors (Lipinski definition) is 2. The van der Waals surface area contributed by atoms with Crippen LogP contribution in [0.1, 0.15) is 0 Å². The van der Waals surface area contributed by atoms with Crippen molar-refractivity contribution >= 4 is 23.8 Å². The van der Waals surface area contributed by atoms with Gasteiger partial charge in [0.15, 0.2) is 0 Å². The molecule has 0 spiro atoms. The van der Waals surface area contributed by atoms with E-state index in [2.05, 4.69) is 9.98 Å². The second-order valence-electron chi connectivity index (χ2n) is 3.59. The Balaban J connectivity index is 1.98. The maximum Gasteiger partial charge on any atom is 0.115 e. The number of nitrogens with zero attached hydrogens (tertiary/aromatic N) is 2. The topological polar surface area (TPSA) is 65.2 Å². The lowest BCUT2D eigenvalue weighted by atomic mass is 10.3. The van der Waals surface area contributed by atoms with E-state index in [0.717, 1.165) is 11.4 Å². The molecule has 0 bridgehead atoms. The van der Waals surface area contributed by atoms with Gasteiger partial charge in [0.1, 0.15) is 11.5 Å². The highest BCUT2D eigenvalue weighted by Gasteiger charge is 1.89. The number of aromatic hydroxyl groups is 2. The van der Waals surface area contributed by atoms with E-state index in [4.69, 9.17) is 10.2 Å². The summed E-state index contributed by atoms with van der Waals surface area (Å²) >= 11 is 0. The highest BCUT2D eigenvalue weighted by molar-refractivity contribution is 6.17. The summed E-state index contributed by atoms with van der Waals surface area (Å²) in [6.07, 6.45) is 3.14. The first-order valence-corrected chi connectivity index (χ1v) is 5.39. The van der Waals surface area contributed by atoms with Gasteiger partial charge in [-0.2, -0.15) is 0 Å². The van der Waals surface area contributed by atoms with Crippen molar-refractivity contribution in [2.45, 2.75) is 0 Å². The standard InChI is InChI=1S/C14H12N2O2/c17-13-5-1-11(2-6-13)15-9-10-16-12-3-7-14(18)8-4-12/h1-10,17-18H. The summed E-state index contributed by atoms with van der Waals surface area (Å²) in [6, 6.07) is 13.1. The minimum absolute atomic E-state index is 0.215. The number of aliphatic imine (C=N–C) groups is 2. The maximum absolute atomic E-state index is 9.10. The second-order valence-corrected chi connectivity index (χ2v) is 3.59. The number of phenolic OH excluding ortho intramolecular Hbond substituents is 2. The first kappa shape index (κ1) is 11.9. The van der Waals surface area contributed by atoms with Crippen LogP contribution < -0.4 is 0 Å². The Hall–Kier alpha value is -2.62. The summed E-state index contributed by atoms with van der Waals surface area (Å²) in [5.74, 6) is 0.429. The van der Waals surface area contributed by atoms with E-state index in [1.54, 1.807) is 61.0 Å². The molecule has 0 heterocycles. The lowest BCUT2D eigenvalue weighted by Crippen LogP contribution is -1.74. The van der Waals surface area contributed by atoms with Crippen molar-refractivity contribution in [1.29, 1.82) is 0 Å². The van der Waals surface area contributed by atoms with Crippen LogP contribution in [0.15, 0.2) is 58.5 Å². The Morgan fingerprint density at radius 3 is 1.28 bits per heavy atom. The lowest BCUT2D eigenvalue weighted by Gasteiger charge is -1.93. The Labute approximate surface area is 105 Å². The van der Waals surface area contributed by atoms with Crippen molar-refractivity contribution in [3.8, 4) is 11.5 Å². The van der Waals surface area contributed by atoms with Gasteiger partial charge in [-0.1, -0.05) is 0 Å². The summed E-state index contributed by atoms with van der Waals surface area (Å²) in [7, 11) is 0. The fraction of sp³-hybridized carbons (Fsp3) is 0. The van der Waals surface area contributed by atoms with Crippen LogP contribution in [0.5, 0.6) is 11.5 Å². The van der Waals surface area contributed by atoms with Crippen LogP contribution in [0.4, 0.5) is 11.4 Å². The van der Waals surface area contributed by atoms with Gasteiger partial charge in [0.05, 0.1) is 11.4 Å². The summed E-state index contributed by atoms with van der Waals surface area (Å²) in [6.45, 7) is 0. The molecule has 90 valence electrons. The van der Waals surface area contributed by atoms with E-state index in [1.807, 2.05) is 0 Å². The Bertz CT molecular complexity index is 504. The van der Waals surface area contributed by atoms with Gasteiger partial charge < -0.3 is 10.2 Å². The molecule has 4 heteroatoms. The Morgan fingerprint density at radius 2 is 0.944 bits per heavy atom. The normalized spacial score (nSPS) is 11.3. The molecule has 0 aliphatic rings. The minimum atomic E-state index is 0.215. The molecule has 2 N–H and O–H groups in total. The van der Waals surface area contributed by atoms with Crippen LogP contribution in [0.3, 0.4) is 0 Å². The molecule has 0 aliphatic carbocycles. The predicted octanol–water partition coefficient (Wildman–Crippen LogP) is 3.20. The highest BCUT2D eigenvalue weighted by Crippen LogP contribution is 2.17. The highest BCUT2D eigenvalue weighted by atomic mass is 16.3. The van der Waals surface area contributed by atoms with E-state index in [1.165, 1.54) is 0 Å². The smallest absolute Gasteiger partial charge is 0.115 e. The lowest BCUT2D eigenvalue weighted by molar-refractivity contribution is 0.475. The Kier molecular flexibility index (Phi) is 3.71. The summed E-state index contributed by atoms with van der Waals surface area (Å²) < 4.78 is 0. The zero-order valence-electron chi connectivity index (χ0n) is 9.56. The third-order valence-corrected chi connectivity index (χ3v) is 2.21. The van der Waals surface area contributed by atoms with E-state index in [-0.39, 0.29) is 11.5 Å². The van der Waals surface area contributed by atoms with E-state index >= 15 is 0 Å². The molecule has 0 amide bonds. The third-order valence-electron chi connectivity index (χ3n) is 2.21. The van der Waals surface area contributed by atoms with Crippen molar-refractivity contribution in [3.63, 3.8) is 0 Å². The average Bonchev–Trinajstić information content (AvgIpc) is 2.39. The molecule has 18 heavy (non-hydrogen) atoms. The number of hydrogen-bond acceptors (Lipinski definition) is 4. The fourth-order valence-electron chi connectivity index (χ4n) is 1.32. The van der Waals surface area contributed by atoms with Crippen molar-refractivity contribution in [1.82, 2.24) is 0 Å². The van der Waals surface area contributed by atoms with E-state index in [9.17, 15) is 0 Å². The van der Waals surface area contributed by atoms with Crippen LogP contribution in [0, 0.1) is 0 Å². The molecule has 2 aromatic rings. The summed E-state index contributed by atoms with van der Waals surface area (Å²) in [5.41, 5.74) is 1.48. The number of phenols is 2. The van der Waals surface area contributed by atoms with Crippen LogP contribution in [-0.4, -0.2) is 22.6 Å². The molecule has 0 unspecified atom stereocenters. The molecule has 2 aromatic carbocycles. The molecule has 4 nitrogen and oxygen atoms in total. The SMILES string of the molecule is Oc1ccc(N=CC=Nc2ccc(O)cc2)cc1. The fourth-order valence-corrected chi connectivity index (χ4v) is 1.32.